The number of hydrogen-bond acceptors (Lipinski definition) is 6. The summed E-state index contributed by atoms with van der Waals surface area (Å²) in [5, 5.41) is 3.09. The summed E-state index contributed by atoms with van der Waals surface area (Å²) in [6, 6.07) is 15.6. The van der Waals surface area contributed by atoms with Gasteiger partial charge < -0.3 is 10.1 Å². The number of methoxy groups -OCH3 is 1. The number of aromatic nitrogens is 3. The van der Waals surface area contributed by atoms with Crippen molar-refractivity contribution < 1.29 is 13.9 Å². The molecule has 0 radical (unpaired) electrons. The molecule has 2 N–H and O–H groups in total. The van der Waals surface area contributed by atoms with Crippen molar-refractivity contribution in [2.24, 2.45) is 0 Å². The van der Waals surface area contributed by atoms with E-state index in [4.69, 9.17) is 4.74 Å². The molecule has 0 atom stereocenters. The molecule has 0 aliphatic heterocycles. The van der Waals surface area contributed by atoms with Crippen LogP contribution in [-0.4, -0.2) is 27.4 Å². The predicted molar refractivity (Wildman–Crippen MR) is 148 cm³/mol. The van der Waals surface area contributed by atoms with Crippen LogP contribution in [0.1, 0.15) is 63.6 Å². The van der Waals surface area contributed by atoms with Crippen molar-refractivity contribution in [3.8, 4) is 5.75 Å². The van der Waals surface area contributed by atoms with Gasteiger partial charge in [0, 0.05) is 17.7 Å². The maximum Gasteiger partial charge on any atom is 0.329 e. The van der Waals surface area contributed by atoms with Gasteiger partial charge in [0.05, 0.1) is 13.7 Å². The molecule has 2 aromatic heterocycles. The number of halogens is 1. The van der Waals surface area contributed by atoms with E-state index in [1.165, 1.54) is 10.6 Å². The molecule has 0 spiro atoms. The predicted octanol–water partition coefficient (Wildman–Crippen LogP) is 4.71. The minimum atomic E-state index is -0.748. The lowest BCUT2D eigenvalue weighted by Gasteiger charge is -2.18. The number of pyridine rings is 1. The summed E-state index contributed by atoms with van der Waals surface area (Å²) in [6.07, 6.45) is 0. The maximum absolute atomic E-state index is 14.6. The third-order valence-corrected chi connectivity index (χ3v) is 6.34. The molecule has 0 saturated heterocycles. The molecule has 2 heterocycles. The number of carbonyl (C=O) groups is 1. The van der Waals surface area contributed by atoms with Gasteiger partial charge in [-0.1, -0.05) is 43.2 Å². The lowest BCUT2D eigenvalue weighted by molar-refractivity contribution is 0.102. The van der Waals surface area contributed by atoms with Crippen LogP contribution in [0.25, 0.3) is 0 Å². The first-order chi connectivity index (χ1) is 18.5. The fourth-order valence-corrected chi connectivity index (χ4v) is 4.61. The molecule has 202 valence electrons. The van der Waals surface area contributed by atoms with Gasteiger partial charge in [0.15, 0.2) is 0 Å². The molecule has 4 rings (SSSR count). The largest absolute Gasteiger partial charge is 0.497 e. The summed E-state index contributed by atoms with van der Waals surface area (Å²) in [7, 11) is 1.59. The molecule has 2 aromatic carbocycles. The second kappa shape index (κ2) is 11.5. The van der Waals surface area contributed by atoms with Crippen molar-refractivity contribution in [2.45, 2.75) is 46.7 Å². The number of anilines is 1. The van der Waals surface area contributed by atoms with Crippen LogP contribution in [0.15, 0.2) is 64.2 Å². The first-order valence-electron chi connectivity index (χ1n) is 12.6. The van der Waals surface area contributed by atoms with E-state index in [0.29, 0.717) is 17.7 Å². The minimum absolute atomic E-state index is 0.00582. The molecular weight excluding hydrogens is 499 g/mol. The van der Waals surface area contributed by atoms with Gasteiger partial charge >= 0.3 is 5.69 Å². The van der Waals surface area contributed by atoms with Gasteiger partial charge in [0.2, 0.25) is 11.7 Å². The highest BCUT2D eigenvalue weighted by Crippen LogP contribution is 2.21. The van der Waals surface area contributed by atoms with Crippen molar-refractivity contribution in [1.82, 2.24) is 14.5 Å². The van der Waals surface area contributed by atoms with Gasteiger partial charge in [-0.25, -0.2) is 9.78 Å². The van der Waals surface area contributed by atoms with E-state index in [1.807, 2.05) is 44.2 Å². The van der Waals surface area contributed by atoms with Crippen LogP contribution in [0.5, 0.6) is 5.75 Å². The standard InChI is InChI=1S/C30H31FN4O4/c1-17(2)26-27(28(36)22-11-18(3)10-19(4)12-22)35(30(38)34-29(26)37)16-21-13-24(31)33-25(14-21)32-15-20-6-8-23(39-5)9-7-20/h6-14,17H,15-16H2,1-5H3,(H,32,33)(H,34,37,38). The van der Waals surface area contributed by atoms with Gasteiger partial charge in [-0.3, -0.25) is 19.1 Å². The van der Waals surface area contributed by atoms with Crippen LogP contribution < -0.4 is 21.3 Å². The highest BCUT2D eigenvalue weighted by atomic mass is 19.1. The molecule has 39 heavy (non-hydrogen) atoms. The van der Waals surface area contributed by atoms with Gasteiger partial charge in [-0.05, 0) is 67.3 Å². The van der Waals surface area contributed by atoms with Crippen molar-refractivity contribution in [2.75, 3.05) is 12.4 Å². The highest BCUT2D eigenvalue weighted by molar-refractivity contribution is 6.09. The van der Waals surface area contributed by atoms with Crippen molar-refractivity contribution in [1.29, 1.82) is 0 Å². The topological polar surface area (TPSA) is 106 Å². The molecule has 9 heteroatoms. The Morgan fingerprint density at radius 1 is 1.03 bits per heavy atom. The van der Waals surface area contributed by atoms with Crippen LogP contribution >= 0.6 is 0 Å². The smallest absolute Gasteiger partial charge is 0.329 e. The number of rotatable bonds is 9. The average Bonchev–Trinajstić information content (AvgIpc) is 2.87. The first kappa shape index (κ1) is 27.5. The molecule has 0 aliphatic carbocycles. The van der Waals surface area contributed by atoms with E-state index in [0.717, 1.165) is 22.4 Å². The third-order valence-electron chi connectivity index (χ3n) is 6.34. The Morgan fingerprint density at radius 3 is 2.31 bits per heavy atom. The number of H-pyrrole nitrogens is 1. The Bertz CT molecular complexity index is 1620. The van der Waals surface area contributed by atoms with Crippen LogP contribution in [-0.2, 0) is 13.1 Å². The third kappa shape index (κ3) is 6.31. The minimum Gasteiger partial charge on any atom is -0.497 e. The molecule has 0 aliphatic rings. The lowest BCUT2D eigenvalue weighted by atomic mass is 9.95. The molecule has 4 aromatic rings. The number of benzene rings is 2. The number of ketones is 1. The van der Waals surface area contributed by atoms with E-state index in [9.17, 15) is 18.8 Å². The Hall–Kier alpha value is -4.53. The normalized spacial score (nSPS) is 11.1. The van der Waals surface area contributed by atoms with E-state index >= 15 is 0 Å². The zero-order valence-corrected chi connectivity index (χ0v) is 22.6. The zero-order chi connectivity index (χ0) is 28.3. The monoisotopic (exact) mass is 530 g/mol. The fraction of sp³-hybridized carbons (Fsp3) is 0.267. The number of carbonyl (C=O) groups excluding carboxylic acids is 1. The number of aromatic amines is 1. The van der Waals surface area contributed by atoms with Crippen molar-refractivity contribution in [3.05, 3.63) is 120 Å². The number of ether oxygens (including phenoxy) is 1. The fourth-order valence-electron chi connectivity index (χ4n) is 4.61. The second-order valence-corrected chi connectivity index (χ2v) is 9.85. The van der Waals surface area contributed by atoms with E-state index in [1.54, 1.807) is 39.2 Å². The Balaban J connectivity index is 1.74. The van der Waals surface area contributed by atoms with Crippen molar-refractivity contribution >= 4 is 11.6 Å². The lowest BCUT2D eigenvalue weighted by Crippen LogP contribution is -2.38. The zero-order valence-electron chi connectivity index (χ0n) is 22.6. The molecule has 0 saturated carbocycles. The van der Waals surface area contributed by atoms with Gasteiger partial charge in [-0.2, -0.15) is 4.39 Å². The second-order valence-electron chi connectivity index (χ2n) is 9.85. The summed E-state index contributed by atoms with van der Waals surface area (Å²) in [5.74, 6) is -0.538. The van der Waals surface area contributed by atoms with Crippen LogP contribution in [0.2, 0.25) is 0 Å². The highest BCUT2D eigenvalue weighted by Gasteiger charge is 2.25. The quantitative estimate of drug-likeness (QED) is 0.240. The maximum atomic E-state index is 14.6. The summed E-state index contributed by atoms with van der Waals surface area (Å²) >= 11 is 0. The Morgan fingerprint density at radius 2 is 1.69 bits per heavy atom. The van der Waals surface area contributed by atoms with Crippen molar-refractivity contribution in [3.63, 3.8) is 0 Å². The van der Waals surface area contributed by atoms with E-state index in [-0.39, 0.29) is 29.5 Å². The molecule has 0 fully saturated rings. The first-order valence-corrected chi connectivity index (χ1v) is 12.6. The van der Waals surface area contributed by atoms with Crippen LogP contribution in [0.4, 0.5) is 10.2 Å². The summed E-state index contributed by atoms with van der Waals surface area (Å²) in [5.41, 5.74) is 2.31. The summed E-state index contributed by atoms with van der Waals surface area (Å²) in [6.45, 7) is 7.55. The summed E-state index contributed by atoms with van der Waals surface area (Å²) < 4.78 is 20.9. The van der Waals surface area contributed by atoms with Crippen LogP contribution in [0.3, 0.4) is 0 Å². The number of aryl methyl sites for hydroxylation is 2. The Kier molecular flexibility index (Phi) is 8.09. The van der Waals surface area contributed by atoms with Gasteiger partial charge in [-0.15, -0.1) is 0 Å². The van der Waals surface area contributed by atoms with E-state index in [2.05, 4.69) is 15.3 Å². The molecular formula is C30H31FN4O4. The Labute approximate surface area is 225 Å². The molecule has 0 bridgehead atoms. The molecule has 0 unspecified atom stereocenters. The average molecular weight is 531 g/mol. The number of hydrogen-bond donors (Lipinski definition) is 2. The van der Waals surface area contributed by atoms with Crippen LogP contribution in [0, 0.1) is 19.8 Å². The van der Waals surface area contributed by atoms with E-state index < -0.39 is 23.0 Å². The van der Waals surface area contributed by atoms with Gasteiger partial charge in [0.1, 0.15) is 17.3 Å². The molecule has 8 nitrogen and oxygen atoms in total. The molecule has 0 amide bonds. The van der Waals surface area contributed by atoms with Gasteiger partial charge in [0.25, 0.3) is 5.56 Å². The summed E-state index contributed by atoms with van der Waals surface area (Å²) in [4.78, 5) is 46.0. The number of nitrogens with zero attached hydrogens (tertiary/aromatic N) is 2. The number of nitrogens with one attached hydrogen (secondary N) is 2. The SMILES string of the molecule is COc1ccc(CNc2cc(Cn3c(C(=O)c4cc(C)cc(C)c4)c(C(C)C)c(=O)[nH]c3=O)cc(F)n2)cc1.